The third-order valence-corrected chi connectivity index (χ3v) is 6.93. The summed E-state index contributed by atoms with van der Waals surface area (Å²) in [6, 6.07) is 39.2. The predicted molar refractivity (Wildman–Crippen MR) is 141 cm³/mol. The van der Waals surface area contributed by atoms with E-state index in [1.165, 1.54) is 12.7 Å². The fourth-order valence-electron chi connectivity index (χ4n) is 5.34. The summed E-state index contributed by atoms with van der Waals surface area (Å²) in [5, 5.41) is 0. The SMILES string of the molecule is COC(=O)[C@@H]1C(c2ccc(C)cc2)=CCN1C(c1ccccc1)(c1ccccc1)c1ccccc1. The molecule has 0 N–H and O–H groups in total. The molecule has 0 spiro atoms. The van der Waals surface area contributed by atoms with Crippen molar-refractivity contribution in [2.24, 2.45) is 0 Å². The zero-order chi connectivity index (χ0) is 24.3. The van der Waals surface area contributed by atoms with Gasteiger partial charge in [-0.05, 0) is 34.8 Å². The minimum Gasteiger partial charge on any atom is -0.468 e. The molecular weight excluding hydrogens is 430 g/mol. The van der Waals surface area contributed by atoms with E-state index in [9.17, 15) is 4.79 Å². The average Bonchev–Trinajstić information content (AvgIpc) is 3.36. The van der Waals surface area contributed by atoms with Crippen LogP contribution in [0, 0.1) is 6.92 Å². The lowest BCUT2D eigenvalue weighted by molar-refractivity contribution is -0.145. The topological polar surface area (TPSA) is 29.5 Å². The Hall–Kier alpha value is -3.95. The lowest BCUT2D eigenvalue weighted by Crippen LogP contribution is -2.54. The van der Waals surface area contributed by atoms with Gasteiger partial charge in [0, 0.05) is 6.54 Å². The molecule has 0 saturated carbocycles. The maximum absolute atomic E-state index is 13.5. The van der Waals surface area contributed by atoms with Gasteiger partial charge >= 0.3 is 5.97 Å². The molecule has 1 atom stereocenters. The number of esters is 1. The van der Waals surface area contributed by atoms with Gasteiger partial charge in [0.2, 0.25) is 0 Å². The molecule has 1 aliphatic heterocycles. The van der Waals surface area contributed by atoms with Gasteiger partial charge in [0.1, 0.15) is 6.04 Å². The van der Waals surface area contributed by atoms with Crippen molar-refractivity contribution < 1.29 is 9.53 Å². The van der Waals surface area contributed by atoms with Crippen LogP contribution >= 0.6 is 0 Å². The molecule has 5 rings (SSSR count). The number of nitrogens with zero attached hydrogens (tertiary/aromatic N) is 1. The molecular formula is C32H29NO2. The number of benzene rings is 4. The maximum Gasteiger partial charge on any atom is 0.327 e. The molecule has 0 fully saturated rings. The number of ether oxygens (including phenoxy) is 1. The monoisotopic (exact) mass is 459 g/mol. The Morgan fingerprint density at radius 2 is 1.20 bits per heavy atom. The Morgan fingerprint density at radius 1 is 0.743 bits per heavy atom. The number of aryl methyl sites for hydroxylation is 1. The van der Waals surface area contributed by atoms with Gasteiger partial charge in [0.15, 0.2) is 0 Å². The second-order valence-electron chi connectivity index (χ2n) is 8.91. The van der Waals surface area contributed by atoms with E-state index in [0.29, 0.717) is 6.54 Å². The van der Waals surface area contributed by atoms with Crippen molar-refractivity contribution in [2.45, 2.75) is 18.5 Å². The van der Waals surface area contributed by atoms with Crippen LogP contribution < -0.4 is 0 Å². The Balaban J connectivity index is 1.78. The Kier molecular flexibility index (Phi) is 6.35. The van der Waals surface area contributed by atoms with Gasteiger partial charge in [-0.1, -0.05) is 127 Å². The normalized spacial score (nSPS) is 16.1. The minimum absolute atomic E-state index is 0.263. The van der Waals surface area contributed by atoms with E-state index < -0.39 is 11.6 Å². The van der Waals surface area contributed by atoms with Crippen molar-refractivity contribution in [3.05, 3.63) is 149 Å². The van der Waals surface area contributed by atoms with Gasteiger partial charge in [-0.2, -0.15) is 0 Å². The van der Waals surface area contributed by atoms with Crippen LogP contribution in [-0.4, -0.2) is 30.6 Å². The highest BCUT2D eigenvalue weighted by molar-refractivity contribution is 5.94. The van der Waals surface area contributed by atoms with Crippen LogP contribution in [0.15, 0.2) is 121 Å². The number of hydrogen-bond acceptors (Lipinski definition) is 3. The number of methoxy groups -OCH3 is 1. The first-order valence-electron chi connectivity index (χ1n) is 11.9. The molecule has 0 amide bonds. The van der Waals surface area contributed by atoms with Gasteiger partial charge < -0.3 is 4.74 Å². The number of rotatable bonds is 6. The van der Waals surface area contributed by atoms with Gasteiger partial charge in [0.25, 0.3) is 0 Å². The molecule has 0 saturated heterocycles. The first-order valence-corrected chi connectivity index (χ1v) is 11.9. The highest BCUT2D eigenvalue weighted by Crippen LogP contribution is 2.47. The van der Waals surface area contributed by atoms with Crippen molar-refractivity contribution in [3.8, 4) is 0 Å². The second-order valence-corrected chi connectivity index (χ2v) is 8.91. The summed E-state index contributed by atoms with van der Waals surface area (Å²) in [5.41, 5.74) is 5.80. The summed E-state index contributed by atoms with van der Waals surface area (Å²) < 4.78 is 5.42. The highest BCUT2D eigenvalue weighted by Gasteiger charge is 2.50. The second kappa shape index (κ2) is 9.73. The standard InChI is InChI=1S/C32H29NO2/c1-24-18-20-25(21-19-24)29-22-23-33(30(29)31(34)35-2)32(26-12-6-3-7-13-26,27-14-8-4-9-15-27)28-16-10-5-11-17-28/h3-22,30H,23H2,1-2H3/t30-/m0/s1. The van der Waals surface area contributed by atoms with E-state index in [1.54, 1.807) is 0 Å². The van der Waals surface area contributed by atoms with E-state index >= 15 is 0 Å². The molecule has 3 nitrogen and oxygen atoms in total. The van der Waals surface area contributed by atoms with Crippen molar-refractivity contribution in [1.82, 2.24) is 4.90 Å². The Labute approximate surface area is 207 Å². The zero-order valence-corrected chi connectivity index (χ0v) is 20.1. The molecule has 35 heavy (non-hydrogen) atoms. The summed E-state index contributed by atoms with van der Waals surface area (Å²) in [7, 11) is 1.47. The van der Waals surface area contributed by atoms with E-state index in [4.69, 9.17) is 4.74 Å². The summed E-state index contributed by atoms with van der Waals surface area (Å²) in [6.07, 6.45) is 2.18. The van der Waals surface area contributed by atoms with Crippen LogP contribution in [0.2, 0.25) is 0 Å². The van der Waals surface area contributed by atoms with Crippen molar-refractivity contribution >= 4 is 11.5 Å². The summed E-state index contributed by atoms with van der Waals surface area (Å²) >= 11 is 0. The van der Waals surface area contributed by atoms with E-state index in [1.807, 2.05) is 18.2 Å². The highest BCUT2D eigenvalue weighted by atomic mass is 16.5. The van der Waals surface area contributed by atoms with Gasteiger partial charge in [-0.15, -0.1) is 0 Å². The molecule has 1 aliphatic rings. The van der Waals surface area contributed by atoms with Gasteiger partial charge in [-0.25, -0.2) is 4.79 Å². The summed E-state index contributed by atoms with van der Waals surface area (Å²) in [5.74, 6) is -0.263. The Bertz CT molecular complexity index is 1220. The van der Waals surface area contributed by atoms with Crippen molar-refractivity contribution in [3.63, 3.8) is 0 Å². The molecule has 0 radical (unpaired) electrons. The summed E-state index contributed by atoms with van der Waals surface area (Å²) in [6.45, 7) is 2.67. The van der Waals surface area contributed by atoms with Gasteiger partial charge in [-0.3, -0.25) is 4.90 Å². The van der Waals surface area contributed by atoms with Crippen LogP contribution in [0.3, 0.4) is 0 Å². The molecule has 0 aromatic heterocycles. The number of carbonyl (C=O) groups is 1. The molecule has 4 aromatic carbocycles. The average molecular weight is 460 g/mol. The molecule has 0 aliphatic carbocycles. The first kappa shape index (κ1) is 22.8. The molecule has 1 heterocycles. The smallest absolute Gasteiger partial charge is 0.327 e. The molecule has 0 bridgehead atoms. The molecule has 4 aromatic rings. The van der Waals surface area contributed by atoms with Crippen LogP contribution in [0.5, 0.6) is 0 Å². The van der Waals surface area contributed by atoms with Crippen molar-refractivity contribution in [2.75, 3.05) is 13.7 Å². The lowest BCUT2D eigenvalue weighted by atomic mass is 9.74. The van der Waals surface area contributed by atoms with Crippen LogP contribution in [0.4, 0.5) is 0 Å². The van der Waals surface area contributed by atoms with Crippen LogP contribution in [0.25, 0.3) is 5.57 Å². The minimum atomic E-state index is -0.703. The fourth-order valence-corrected chi connectivity index (χ4v) is 5.34. The zero-order valence-electron chi connectivity index (χ0n) is 20.1. The third kappa shape index (κ3) is 3.98. The first-order chi connectivity index (χ1) is 17.2. The maximum atomic E-state index is 13.5. The Morgan fingerprint density at radius 3 is 1.63 bits per heavy atom. The lowest BCUT2D eigenvalue weighted by Gasteiger charge is -2.46. The van der Waals surface area contributed by atoms with E-state index in [0.717, 1.165) is 27.8 Å². The fraction of sp³-hybridized carbons (Fsp3) is 0.156. The van der Waals surface area contributed by atoms with Gasteiger partial charge in [0.05, 0.1) is 12.6 Å². The predicted octanol–water partition coefficient (Wildman–Crippen LogP) is 6.23. The third-order valence-electron chi connectivity index (χ3n) is 6.93. The summed E-state index contributed by atoms with van der Waals surface area (Å²) in [4.78, 5) is 15.8. The molecule has 174 valence electrons. The van der Waals surface area contributed by atoms with Crippen LogP contribution in [-0.2, 0) is 15.1 Å². The van der Waals surface area contributed by atoms with Crippen molar-refractivity contribution in [1.29, 1.82) is 0 Å². The number of hydrogen-bond donors (Lipinski definition) is 0. The molecule has 3 heteroatoms. The van der Waals surface area contributed by atoms with E-state index in [-0.39, 0.29) is 5.97 Å². The number of carbonyl (C=O) groups excluding carboxylic acids is 1. The largest absolute Gasteiger partial charge is 0.468 e. The van der Waals surface area contributed by atoms with Crippen LogP contribution in [0.1, 0.15) is 27.8 Å². The molecule has 0 unspecified atom stereocenters. The quantitative estimate of drug-likeness (QED) is 0.253. The van der Waals surface area contributed by atoms with E-state index in [2.05, 4.69) is 115 Å².